The number of nitrogens with one attached hydrogen (secondary N) is 2. The number of ether oxygens (including phenoxy) is 1. The van der Waals surface area contributed by atoms with Crippen LogP contribution in [-0.4, -0.2) is 73.8 Å². The molecule has 1 aliphatic rings. The summed E-state index contributed by atoms with van der Waals surface area (Å²) in [5.41, 5.74) is 0.0845. The number of carboxylic acid groups (broad SMARTS) is 1. The molecule has 3 aromatic heterocycles. The highest BCUT2D eigenvalue weighted by Gasteiger charge is 2.45. The lowest BCUT2D eigenvalue weighted by molar-refractivity contribution is -0.192. The molecule has 1 saturated heterocycles. The Hall–Kier alpha value is -5.23. The molecule has 19 heteroatoms. The van der Waals surface area contributed by atoms with Crippen molar-refractivity contribution >= 4 is 34.9 Å². The molecule has 0 spiro atoms. The van der Waals surface area contributed by atoms with Gasteiger partial charge in [-0.3, -0.25) is 4.98 Å². The molecular formula is C30H29F8N7O4. The molecule has 1 aliphatic heterocycles. The Balaban J connectivity index is 0.000000698. The summed E-state index contributed by atoms with van der Waals surface area (Å²) in [7, 11) is 0. The van der Waals surface area contributed by atoms with Gasteiger partial charge < -0.3 is 25.4 Å². The molecule has 0 bridgehead atoms. The van der Waals surface area contributed by atoms with E-state index in [0.717, 1.165) is 12.1 Å². The van der Waals surface area contributed by atoms with Crippen LogP contribution < -0.4 is 15.5 Å². The van der Waals surface area contributed by atoms with Gasteiger partial charge in [0.2, 0.25) is 5.95 Å². The van der Waals surface area contributed by atoms with E-state index in [9.17, 15) is 39.9 Å². The monoisotopic (exact) mass is 703 g/mol. The summed E-state index contributed by atoms with van der Waals surface area (Å²) in [4.78, 5) is 31.2. The third kappa shape index (κ3) is 9.44. The lowest BCUT2D eigenvalue weighted by atomic mass is 9.93. The number of carboxylic acids is 1. The van der Waals surface area contributed by atoms with Crippen molar-refractivity contribution in [2.45, 2.75) is 51.2 Å². The summed E-state index contributed by atoms with van der Waals surface area (Å²) in [6, 6.07) is 7.23. The number of hydrogen-bond donors (Lipinski definition) is 3. The summed E-state index contributed by atoms with van der Waals surface area (Å²) < 4.78 is 109. The molecule has 4 heterocycles. The first-order chi connectivity index (χ1) is 22.7. The van der Waals surface area contributed by atoms with Gasteiger partial charge in [0.05, 0.1) is 52.5 Å². The summed E-state index contributed by atoms with van der Waals surface area (Å²) in [5.74, 6) is -5.91. The first-order valence-electron chi connectivity index (χ1n) is 14.3. The van der Waals surface area contributed by atoms with Crippen LogP contribution in [-0.2, 0) is 9.53 Å². The van der Waals surface area contributed by atoms with E-state index in [-0.39, 0.29) is 36.7 Å². The normalized spacial score (nSPS) is 16.8. The molecule has 0 saturated carbocycles. The van der Waals surface area contributed by atoms with E-state index in [0.29, 0.717) is 16.9 Å². The Labute approximate surface area is 272 Å². The highest BCUT2D eigenvalue weighted by molar-refractivity contribution is 5.75. The average molecular weight is 704 g/mol. The number of piperidine rings is 1. The van der Waals surface area contributed by atoms with Gasteiger partial charge in [-0.25, -0.2) is 23.4 Å². The molecule has 0 radical (unpaired) electrons. The number of fused-ring (bicyclic) bond motifs is 1. The molecule has 4 aromatic rings. The van der Waals surface area contributed by atoms with Gasteiger partial charge in [-0.05, 0) is 57.5 Å². The van der Waals surface area contributed by atoms with E-state index in [1.807, 2.05) is 0 Å². The molecule has 49 heavy (non-hydrogen) atoms. The van der Waals surface area contributed by atoms with E-state index in [4.69, 9.17) is 14.6 Å². The van der Waals surface area contributed by atoms with E-state index in [1.165, 1.54) is 40.1 Å². The number of benzene rings is 1. The van der Waals surface area contributed by atoms with Gasteiger partial charge in [0.1, 0.15) is 17.2 Å². The number of anilines is 3. The molecule has 1 amide bonds. The highest BCUT2D eigenvalue weighted by Crippen LogP contribution is 2.37. The molecule has 1 fully saturated rings. The maximum absolute atomic E-state index is 14.4. The Bertz CT molecular complexity index is 1790. The summed E-state index contributed by atoms with van der Waals surface area (Å²) in [6.07, 6.45) is -6.36. The Morgan fingerprint density at radius 3 is 2.20 bits per heavy atom. The minimum atomic E-state index is -5.08. The second kappa shape index (κ2) is 14.1. The minimum Gasteiger partial charge on any atom is -0.475 e. The van der Waals surface area contributed by atoms with Crippen LogP contribution >= 0.6 is 0 Å². The molecule has 2 atom stereocenters. The average Bonchev–Trinajstić information content (AvgIpc) is 3.37. The zero-order chi connectivity index (χ0) is 36.3. The van der Waals surface area contributed by atoms with Crippen molar-refractivity contribution < 1.29 is 54.6 Å². The van der Waals surface area contributed by atoms with Crippen molar-refractivity contribution in [3.8, 4) is 11.3 Å². The predicted octanol–water partition coefficient (Wildman–Crippen LogP) is 6.73. The fourth-order valence-corrected chi connectivity index (χ4v) is 4.84. The van der Waals surface area contributed by atoms with Crippen LogP contribution in [0.2, 0.25) is 0 Å². The predicted molar refractivity (Wildman–Crippen MR) is 159 cm³/mol. The number of nitrogens with zero attached hydrogens (tertiary/aromatic N) is 5. The fraction of sp³-hybridized carbons (Fsp3) is 0.367. The van der Waals surface area contributed by atoms with Crippen molar-refractivity contribution in [3.05, 3.63) is 66.6 Å². The molecule has 3 N–H and O–H groups in total. The number of amides is 1. The topological polar surface area (TPSA) is 134 Å². The van der Waals surface area contributed by atoms with Gasteiger partial charge in [0, 0.05) is 19.3 Å². The number of pyridine rings is 1. The van der Waals surface area contributed by atoms with E-state index >= 15 is 0 Å². The zero-order valence-corrected chi connectivity index (χ0v) is 25.9. The van der Waals surface area contributed by atoms with Crippen LogP contribution in [0.25, 0.3) is 16.8 Å². The first kappa shape index (κ1) is 36.6. The number of hydrogen-bond acceptors (Lipinski definition) is 8. The van der Waals surface area contributed by atoms with Crippen LogP contribution in [0.5, 0.6) is 0 Å². The van der Waals surface area contributed by atoms with Crippen LogP contribution in [0.1, 0.15) is 27.2 Å². The molecular weight excluding hydrogens is 674 g/mol. The van der Waals surface area contributed by atoms with Crippen molar-refractivity contribution in [3.63, 3.8) is 0 Å². The van der Waals surface area contributed by atoms with Crippen molar-refractivity contribution in [1.82, 2.24) is 24.9 Å². The number of halogens is 8. The van der Waals surface area contributed by atoms with Crippen LogP contribution in [0, 0.1) is 17.6 Å². The molecule has 5 rings (SSSR count). The number of aliphatic carboxylic acids is 1. The number of aromatic nitrogens is 4. The van der Waals surface area contributed by atoms with Crippen LogP contribution in [0.4, 0.5) is 57.2 Å². The maximum atomic E-state index is 14.4. The fourth-order valence-electron chi connectivity index (χ4n) is 4.84. The van der Waals surface area contributed by atoms with Crippen molar-refractivity contribution in [1.29, 1.82) is 0 Å². The third-order valence-electron chi connectivity index (χ3n) is 6.86. The zero-order valence-electron chi connectivity index (χ0n) is 25.9. The second-order valence-electron chi connectivity index (χ2n) is 11.8. The quantitative estimate of drug-likeness (QED) is 0.194. The lowest BCUT2D eigenvalue weighted by Crippen LogP contribution is -2.54. The molecule has 0 unspecified atom stereocenters. The van der Waals surface area contributed by atoms with Gasteiger partial charge in [0.15, 0.2) is 0 Å². The Kier molecular flexibility index (Phi) is 10.5. The smallest absolute Gasteiger partial charge is 0.475 e. The van der Waals surface area contributed by atoms with Gasteiger partial charge in [-0.15, -0.1) is 0 Å². The highest BCUT2D eigenvalue weighted by atomic mass is 19.4. The number of rotatable bonds is 5. The minimum absolute atomic E-state index is 0.0191. The van der Waals surface area contributed by atoms with E-state index < -0.39 is 53.6 Å². The molecule has 11 nitrogen and oxygen atoms in total. The largest absolute Gasteiger partial charge is 0.490 e. The number of alkyl halides is 6. The molecule has 1 aromatic carbocycles. The molecule has 0 aliphatic carbocycles. The maximum Gasteiger partial charge on any atom is 0.490 e. The standard InChI is InChI=1S/C28H28F5N7O2.C2HF3O2/c1-27(2,3)42-26(41)36-17-11-16(28(31,32)33)14-39(15-17)23-9-10-34-13-22(23)37-25-35-12-18-7-8-21(38-40(18)25)24-19(29)5-4-6-20(24)30;3-2(4,5)1(6)7/h4-10,12-13,16-17H,11,14-15H2,1-3H3,(H,35,37)(H,36,41);(H,6,7)/t16-,17+;/m1./s1. The number of carbonyl (C=O) groups is 2. The van der Waals surface area contributed by atoms with Gasteiger partial charge in [-0.2, -0.15) is 36.0 Å². The summed E-state index contributed by atoms with van der Waals surface area (Å²) >= 11 is 0. The number of carbonyl (C=O) groups excluding carboxylic acids is 1. The van der Waals surface area contributed by atoms with Gasteiger partial charge in [-0.1, -0.05) is 6.07 Å². The second-order valence-corrected chi connectivity index (χ2v) is 11.8. The van der Waals surface area contributed by atoms with Gasteiger partial charge in [0.25, 0.3) is 0 Å². The summed E-state index contributed by atoms with van der Waals surface area (Å²) in [6.45, 7) is 4.71. The first-order valence-corrected chi connectivity index (χ1v) is 14.3. The Morgan fingerprint density at radius 2 is 1.61 bits per heavy atom. The van der Waals surface area contributed by atoms with Gasteiger partial charge >= 0.3 is 24.4 Å². The number of alkyl carbamates (subject to hydrolysis) is 1. The Morgan fingerprint density at radius 1 is 0.959 bits per heavy atom. The third-order valence-corrected chi connectivity index (χ3v) is 6.86. The van der Waals surface area contributed by atoms with Crippen LogP contribution in [0.3, 0.4) is 0 Å². The number of imidazole rings is 1. The van der Waals surface area contributed by atoms with E-state index in [1.54, 1.807) is 32.9 Å². The van der Waals surface area contributed by atoms with Crippen molar-refractivity contribution in [2.24, 2.45) is 5.92 Å². The van der Waals surface area contributed by atoms with Crippen molar-refractivity contribution in [2.75, 3.05) is 23.3 Å². The lowest BCUT2D eigenvalue weighted by Gasteiger charge is -2.40. The SMILES string of the molecule is CC(C)(C)OC(=O)N[C@H]1C[C@@H](C(F)(F)F)CN(c2ccncc2Nc2ncc3ccc(-c4c(F)cccc4F)nn23)C1.O=C(O)C(F)(F)F. The van der Waals surface area contributed by atoms with E-state index in [2.05, 4.69) is 25.7 Å². The summed E-state index contributed by atoms with van der Waals surface area (Å²) in [5, 5.41) is 17.1. The van der Waals surface area contributed by atoms with Crippen LogP contribution in [0.15, 0.2) is 55.0 Å². The molecule has 264 valence electrons.